The topological polar surface area (TPSA) is 117 Å². The second kappa shape index (κ2) is 5.09. The second-order valence-electron chi connectivity index (χ2n) is 5.61. The first kappa shape index (κ1) is 15.6. The minimum Gasteiger partial charge on any atom is -0.467 e. The third kappa shape index (κ3) is 1.75. The third-order valence-electron chi connectivity index (χ3n) is 4.47. The molecular formula is C16H14N4O4. The highest BCUT2D eigenvalue weighted by Crippen LogP contribution is 2.54. The van der Waals surface area contributed by atoms with Crippen molar-refractivity contribution >= 4 is 17.3 Å². The normalized spacial score (nSPS) is 24.2. The van der Waals surface area contributed by atoms with Crippen molar-refractivity contribution in [1.82, 2.24) is 5.32 Å². The van der Waals surface area contributed by atoms with E-state index in [1.807, 2.05) is 0 Å². The van der Waals surface area contributed by atoms with Gasteiger partial charge in [-0.3, -0.25) is 10.1 Å². The largest absolute Gasteiger partial charge is 0.467 e. The fourth-order valence-corrected chi connectivity index (χ4v) is 3.42. The van der Waals surface area contributed by atoms with Gasteiger partial charge in [-0.05, 0) is 12.5 Å². The summed E-state index contributed by atoms with van der Waals surface area (Å²) in [6.07, 6.45) is 0. The number of nitriles is 1. The van der Waals surface area contributed by atoms with Crippen molar-refractivity contribution in [3.8, 4) is 6.07 Å². The zero-order chi connectivity index (χ0) is 17.6. The Kier molecular flexibility index (Phi) is 3.30. The molecular weight excluding hydrogens is 312 g/mol. The van der Waals surface area contributed by atoms with Crippen molar-refractivity contribution in [2.45, 2.75) is 18.4 Å². The zero-order valence-corrected chi connectivity index (χ0v) is 13.0. The Labute approximate surface area is 137 Å². The van der Waals surface area contributed by atoms with Crippen molar-refractivity contribution in [2.75, 3.05) is 12.4 Å². The van der Waals surface area contributed by atoms with Gasteiger partial charge in [-0.15, -0.1) is 0 Å². The van der Waals surface area contributed by atoms with Crippen molar-refractivity contribution < 1.29 is 14.5 Å². The lowest BCUT2D eigenvalue weighted by atomic mass is 9.73. The van der Waals surface area contributed by atoms with E-state index >= 15 is 0 Å². The Hall–Kier alpha value is -3.34. The molecule has 0 bridgehead atoms. The molecule has 0 saturated carbocycles. The van der Waals surface area contributed by atoms with Crippen LogP contribution in [-0.4, -0.2) is 23.5 Å². The fourth-order valence-electron chi connectivity index (χ4n) is 3.42. The maximum atomic E-state index is 12.6. The van der Waals surface area contributed by atoms with Crippen molar-refractivity contribution in [1.29, 1.82) is 5.26 Å². The number of carbonyl (C=O) groups is 1. The van der Waals surface area contributed by atoms with Gasteiger partial charge in [0.2, 0.25) is 0 Å². The number of ether oxygens (including phenoxy) is 1. The standard InChI is InChI=1S/C16H14N4O4/c1-8-11(7-17)13-10-5-4-6-12(20(22)23)14(10)19-16(13,9(2)18-8)15(21)24-3/h4-6,13,18-19H,2H2,1,3H3/t13-,16+/m1/s1. The predicted octanol–water partition coefficient (Wildman–Crippen LogP) is 1.93. The van der Waals surface area contributed by atoms with Crippen LogP contribution in [0.2, 0.25) is 0 Å². The predicted molar refractivity (Wildman–Crippen MR) is 84.8 cm³/mol. The van der Waals surface area contributed by atoms with E-state index in [-0.39, 0.29) is 17.1 Å². The zero-order valence-electron chi connectivity index (χ0n) is 13.0. The molecule has 2 aliphatic heterocycles. The summed E-state index contributed by atoms with van der Waals surface area (Å²) >= 11 is 0. The number of carbonyl (C=O) groups excluding carboxylic acids is 1. The van der Waals surface area contributed by atoms with E-state index in [1.54, 1.807) is 13.0 Å². The van der Waals surface area contributed by atoms with Gasteiger partial charge in [0.05, 0.1) is 29.6 Å². The number of methoxy groups -OCH3 is 1. The SMILES string of the molecule is C=C1NC(C)=C(C#N)[C@H]2c3cccc([N+](=O)[O-])c3N[C@@]12C(=O)OC. The Morgan fingerprint density at radius 2 is 2.25 bits per heavy atom. The van der Waals surface area contributed by atoms with Crippen LogP contribution in [0.3, 0.4) is 0 Å². The lowest BCUT2D eigenvalue weighted by Gasteiger charge is -2.39. The Morgan fingerprint density at radius 1 is 1.54 bits per heavy atom. The van der Waals surface area contributed by atoms with Crippen LogP contribution in [0, 0.1) is 21.4 Å². The maximum absolute atomic E-state index is 12.6. The van der Waals surface area contributed by atoms with Crippen LogP contribution in [0.5, 0.6) is 0 Å². The molecule has 1 aromatic carbocycles. The number of hydrogen-bond donors (Lipinski definition) is 2. The number of para-hydroxylation sites is 1. The van der Waals surface area contributed by atoms with Crippen molar-refractivity contribution in [3.05, 3.63) is 57.4 Å². The van der Waals surface area contributed by atoms with Gasteiger partial charge in [-0.1, -0.05) is 18.7 Å². The molecule has 3 rings (SSSR count). The van der Waals surface area contributed by atoms with Gasteiger partial charge in [0, 0.05) is 17.5 Å². The summed E-state index contributed by atoms with van der Waals surface area (Å²) in [7, 11) is 1.22. The molecule has 0 aromatic heterocycles. The van der Waals surface area contributed by atoms with Crippen LogP contribution in [0.1, 0.15) is 18.4 Å². The summed E-state index contributed by atoms with van der Waals surface area (Å²) in [5.41, 5.74) is 0.145. The number of benzene rings is 1. The van der Waals surface area contributed by atoms with E-state index in [0.29, 0.717) is 16.8 Å². The van der Waals surface area contributed by atoms with E-state index < -0.39 is 22.3 Å². The lowest BCUT2D eigenvalue weighted by molar-refractivity contribution is -0.383. The van der Waals surface area contributed by atoms with Crippen LogP contribution in [0.25, 0.3) is 0 Å². The van der Waals surface area contributed by atoms with E-state index in [2.05, 4.69) is 23.3 Å². The third-order valence-corrected chi connectivity index (χ3v) is 4.47. The van der Waals surface area contributed by atoms with E-state index in [1.165, 1.54) is 19.2 Å². The van der Waals surface area contributed by atoms with Gasteiger partial charge in [0.15, 0.2) is 5.54 Å². The maximum Gasteiger partial charge on any atom is 0.338 e. The number of nitrogens with one attached hydrogen (secondary N) is 2. The number of fused-ring (bicyclic) bond motifs is 3. The van der Waals surface area contributed by atoms with E-state index in [4.69, 9.17) is 4.74 Å². The Balaban J connectivity index is 2.36. The highest BCUT2D eigenvalue weighted by atomic mass is 16.6. The molecule has 0 amide bonds. The first-order valence-electron chi connectivity index (χ1n) is 7.09. The molecule has 2 N–H and O–H groups in total. The molecule has 0 saturated heterocycles. The molecule has 8 nitrogen and oxygen atoms in total. The van der Waals surface area contributed by atoms with Gasteiger partial charge >= 0.3 is 5.97 Å². The van der Waals surface area contributed by atoms with Gasteiger partial charge in [-0.25, -0.2) is 4.79 Å². The summed E-state index contributed by atoms with van der Waals surface area (Å²) < 4.78 is 4.92. The minimum absolute atomic E-state index is 0.173. The van der Waals surface area contributed by atoms with Gasteiger partial charge in [0.25, 0.3) is 5.69 Å². The molecule has 2 heterocycles. The molecule has 0 spiro atoms. The minimum atomic E-state index is -1.51. The summed E-state index contributed by atoms with van der Waals surface area (Å²) in [5.74, 6) is -1.42. The van der Waals surface area contributed by atoms with Crippen LogP contribution in [0.4, 0.5) is 11.4 Å². The van der Waals surface area contributed by atoms with E-state index in [0.717, 1.165) is 0 Å². The summed E-state index contributed by atoms with van der Waals surface area (Å²) in [6.45, 7) is 5.58. The first-order chi connectivity index (χ1) is 11.4. The van der Waals surface area contributed by atoms with Crippen LogP contribution in [0.15, 0.2) is 41.7 Å². The summed E-state index contributed by atoms with van der Waals surface area (Å²) in [6, 6.07) is 6.63. The summed E-state index contributed by atoms with van der Waals surface area (Å²) in [5, 5.41) is 26.8. The van der Waals surface area contributed by atoms with Gasteiger partial charge in [-0.2, -0.15) is 5.26 Å². The van der Waals surface area contributed by atoms with Crippen LogP contribution >= 0.6 is 0 Å². The monoisotopic (exact) mass is 326 g/mol. The first-order valence-corrected chi connectivity index (χ1v) is 7.09. The molecule has 2 atom stereocenters. The molecule has 0 fully saturated rings. The van der Waals surface area contributed by atoms with Crippen LogP contribution in [-0.2, 0) is 9.53 Å². The number of anilines is 1. The quantitative estimate of drug-likeness (QED) is 0.484. The molecule has 8 heteroatoms. The molecule has 0 aliphatic carbocycles. The second-order valence-corrected chi connectivity index (χ2v) is 5.61. The number of nitro benzene ring substituents is 1. The number of nitro groups is 1. The molecule has 122 valence electrons. The highest BCUT2D eigenvalue weighted by Gasteiger charge is 2.60. The number of esters is 1. The molecule has 24 heavy (non-hydrogen) atoms. The number of hydrogen-bond acceptors (Lipinski definition) is 7. The lowest BCUT2D eigenvalue weighted by Crippen LogP contribution is -2.56. The highest BCUT2D eigenvalue weighted by molar-refractivity contribution is 5.97. The summed E-state index contributed by atoms with van der Waals surface area (Å²) in [4.78, 5) is 23.4. The number of allylic oxidation sites excluding steroid dienone is 1. The van der Waals surface area contributed by atoms with Gasteiger partial charge in [0.1, 0.15) is 5.69 Å². The fraction of sp³-hybridized carbons (Fsp3) is 0.250. The molecule has 0 unspecified atom stereocenters. The smallest absolute Gasteiger partial charge is 0.338 e. The van der Waals surface area contributed by atoms with Crippen molar-refractivity contribution in [2.24, 2.45) is 0 Å². The van der Waals surface area contributed by atoms with Crippen LogP contribution < -0.4 is 10.6 Å². The van der Waals surface area contributed by atoms with Gasteiger partial charge < -0.3 is 15.4 Å². The molecule has 2 aliphatic rings. The average Bonchev–Trinajstić information content (AvgIpc) is 2.91. The number of nitrogens with zero attached hydrogens (tertiary/aromatic N) is 2. The average molecular weight is 326 g/mol. The molecule has 0 radical (unpaired) electrons. The number of rotatable bonds is 2. The molecule has 1 aromatic rings. The van der Waals surface area contributed by atoms with Crippen molar-refractivity contribution in [3.63, 3.8) is 0 Å². The Morgan fingerprint density at radius 3 is 2.83 bits per heavy atom. The Bertz CT molecular complexity index is 867. The van der Waals surface area contributed by atoms with E-state index in [9.17, 15) is 20.2 Å².